The van der Waals surface area contributed by atoms with Crippen LogP contribution < -0.4 is 10.6 Å². The number of aliphatic imine (C=N–C) groups is 1. The van der Waals surface area contributed by atoms with Crippen LogP contribution in [0.3, 0.4) is 0 Å². The number of hydrogen-bond acceptors (Lipinski definition) is 3. The zero-order chi connectivity index (χ0) is 19.2. The Balaban J connectivity index is 0.00000364. The number of rotatable bonds is 6. The van der Waals surface area contributed by atoms with Crippen molar-refractivity contribution < 1.29 is 4.79 Å². The zero-order valence-corrected chi connectivity index (χ0v) is 20.2. The monoisotopic (exact) mass is 493 g/mol. The zero-order valence-electron chi connectivity index (χ0n) is 17.9. The predicted molar refractivity (Wildman–Crippen MR) is 124 cm³/mol. The van der Waals surface area contributed by atoms with Gasteiger partial charge in [-0.15, -0.1) is 24.0 Å². The van der Waals surface area contributed by atoms with E-state index in [4.69, 9.17) is 0 Å². The van der Waals surface area contributed by atoms with E-state index >= 15 is 0 Å². The van der Waals surface area contributed by atoms with Crippen LogP contribution in [0.5, 0.6) is 0 Å². The summed E-state index contributed by atoms with van der Waals surface area (Å²) in [7, 11) is 6.02. The highest BCUT2D eigenvalue weighted by Crippen LogP contribution is 2.26. The van der Waals surface area contributed by atoms with Crippen LogP contribution in [-0.2, 0) is 4.79 Å². The van der Waals surface area contributed by atoms with Gasteiger partial charge in [0.05, 0.1) is 0 Å². The summed E-state index contributed by atoms with van der Waals surface area (Å²) in [5.74, 6) is 1.49. The lowest BCUT2D eigenvalue weighted by molar-refractivity contribution is -0.135. The molecule has 1 saturated carbocycles. The van der Waals surface area contributed by atoms with Crippen LogP contribution >= 0.6 is 24.0 Å². The van der Waals surface area contributed by atoms with Crippen LogP contribution in [0, 0.1) is 11.3 Å². The molecule has 1 aliphatic carbocycles. The molecule has 2 aliphatic rings. The number of nitrogens with zero attached hydrogens (tertiary/aromatic N) is 3. The van der Waals surface area contributed by atoms with Gasteiger partial charge < -0.3 is 20.4 Å². The Morgan fingerprint density at radius 3 is 2.44 bits per heavy atom. The van der Waals surface area contributed by atoms with E-state index in [1.807, 2.05) is 7.05 Å². The van der Waals surface area contributed by atoms with Crippen LogP contribution in [0.1, 0.15) is 52.4 Å². The second-order valence-corrected chi connectivity index (χ2v) is 9.08. The quantitative estimate of drug-likeness (QED) is 0.339. The summed E-state index contributed by atoms with van der Waals surface area (Å²) >= 11 is 0. The summed E-state index contributed by atoms with van der Waals surface area (Å²) in [5, 5.41) is 6.97. The number of nitrogens with one attached hydrogen (secondary N) is 2. The van der Waals surface area contributed by atoms with Crippen LogP contribution in [0.4, 0.5) is 0 Å². The first kappa shape index (κ1) is 24.5. The van der Waals surface area contributed by atoms with Crippen LogP contribution in [-0.4, -0.2) is 75.0 Å². The van der Waals surface area contributed by atoms with E-state index in [1.54, 1.807) is 0 Å². The molecule has 27 heavy (non-hydrogen) atoms. The van der Waals surface area contributed by atoms with Crippen molar-refractivity contribution >= 4 is 35.8 Å². The SMILES string of the molecule is CN=C(NCC(C)(C)CN(C)C)NC1CCN(C(=O)C2CCCCC2)C1.I. The first-order valence-corrected chi connectivity index (χ1v) is 10.2. The molecular formula is C20H40IN5O. The third-order valence-corrected chi connectivity index (χ3v) is 5.50. The first-order chi connectivity index (χ1) is 12.3. The van der Waals surface area contributed by atoms with Gasteiger partial charge in [-0.2, -0.15) is 0 Å². The van der Waals surface area contributed by atoms with Crippen molar-refractivity contribution in [2.45, 2.75) is 58.4 Å². The maximum atomic E-state index is 12.7. The van der Waals surface area contributed by atoms with Gasteiger partial charge in [0.25, 0.3) is 0 Å². The Hall–Kier alpha value is -0.570. The Morgan fingerprint density at radius 2 is 1.85 bits per heavy atom. The lowest BCUT2D eigenvalue weighted by Crippen LogP contribution is -2.49. The van der Waals surface area contributed by atoms with Crippen LogP contribution in [0.2, 0.25) is 0 Å². The molecule has 1 saturated heterocycles. The van der Waals surface area contributed by atoms with E-state index in [0.717, 1.165) is 51.4 Å². The van der Waals surface area contributed by atoms with Gasteiger partial charge in [0.15, 0.2) is 5.96 Å². The standard InChI is InChI=1S/C20H39N5O.HI/c1-20(2,15-24(4)5)14-22-19(21-3)23-17-11-12-25(13-17)18(26)16-9-7-6-8-10-16;/h16-17H,6-15H2,1-5H3,(H2,21,22,23);1H. The van der Waals surface area contributed by atoms with Gasteiger partial charge >= 0.3 is 0 Å². The van der Waals surface area contributed by atoms with Crippen molar-refractivity contribution in [2.24, 2.45) is 16.3 Å². The van der Waals surface area contributed by atoms with Crippen molar-refractivity contribution in [2.75, 3.05) is 47.3 Å². The second-order valence-electron chi connectivity index (χ2n) is 9.08. The number of halogens is 1. The minimum atomic E-state index is 0. The fraction of sp³-hybridized carbons (Fsp3) is 0.900. The molecule has 7 heteroatoms. The van der Waals surface area contributed by atoms with E-state index < -0.39 is 0 Å². The van der Waals surface area contributed by atoms with Gasteiger partial charge in [-0.1, -0.05) is 33.1 Å². The van der Waals surface area contributed by atoms with Crippen LogP contribution in [0.25, 0.3) is 0 Å². The van der Waals surface area contributed by atoms with E-state index in [-0.39, 0.29) is 35.3 Å². The minimum absolute atomic E-state index is 0. The summed E-state index contributed by atoms with van der Waals surface area (Å²) in [4.78, 5) is 21.4. The third kappa shape index (κ3) is 8.13. The average Bonchev–Trinajstić information content (AvgIpc) is 3.06. The fourth-order valence-corrected chi connectivity index (χ4v) is 4.31. The highest BCUT2D eigenvalue weighted by atomic mass is 127. The molecule has 1 unspecified atom stereocenters. The van der Waals surface area contributed by atoms with Crippen molar-refractivity contribution in [3.8, 4) is 0 Å². The summed E-state index contributed by atoms with van der Waals surface area (Å²) in [6.45, 7) is 8.07. The molecule has 158 valence electrons. The van der Waals surface area contributed by atoms with E-state index in [0.29, 0.717) is 11.9 Å². The number of hydrogen-bond donors (Lipinski definition) is 2. The van der Waals surface area contributed by atoms with Gasteiger partial charge in [0.1, 0.15) is 0 Å². The Bertz CT molecular complexity index is 489. The Morgan fingerprint density at radius 1 is 1.19 bits per heavy atom. The molecular weight excluding hydrogens is 453 g/mol. The highest BCUT2D eigenvalue weighted by Gasteiger charge is 2.32. The molecule has 6 nitrogen and oxygen atoms in total. The molecule has 1 heterocycles. The van der Waals surface area contributed by atoms with E-state index in [1.165, 1.54) is 19.3 Å². The minimum Gasteiger partial charge on any atom is -0.356 e. The van der Waals surface area contributed by atoms with Crippen molar-refractivity contribution in [1.29, 1.82) is 0 Å². The summed E-state index contributed by atoms with van der Waals surface area (Å²) < 4.78 is 0. The summed E-state index contributed by atoms with van der Waals surface area (Å²) in [5.41, 5.74) is 0.166. The maximum Gasteiger partial charge on any atom is 0.225 e. The Labute approximate surface area is 182 Å². The number of carbonyl (C=O) groups is 1. The largest absolute Gasteiger partial charge is 0.356 e. The number of guanidine groups is 1. The molecule has 2 N–H and O–H groups in total. The van der Waals surface area contributed by atoms with E-state index in [2.05, 4.69) is 53.4 Å². The molecule has 0 aromatic heterocycles. The average molecular weight is 493 g/mol. The molecule has 2 fully saturated rings. The van der Waals surface area contributed by atoms with Crippen LogP contribution in [0.15, 0.2) is 4.99 Å². The maximum absolute atomic E-state index is 12.7. The van der Waals surface area contributed by atoms with Gasteiger partial charge in [0, 0.05) is 45.2 Å². The number of carbonyl (C=O) groups excluding carboxylic acids is 1. The van der Waals surface area contributed by atoms with Gasteiger partial charge in [-0.3, -0.25) is 9.79 Å². The molecule has 0 radical (unpaired) electrons. The molecule has 0 aromatic rings. The smallest absolute Gasteiger partial charge is 0.225 e. The van der Waals surface area contributed by atoms with E-state index in [9.17, 15) is 4.79 Å². The second kappa shape index (κ2) is 11.4. The topological polar surface area (TPSA) is 60.0 Å². The summed E-state index contributed by atoms with van der Waals surface area (Å²) in [6, 6.07) is 0.297. The lowest BCUT2D eigenvalue weighted by atomic mass is 9.88. The molecule has 2 rings (SSSR count). The molecule has 1 aliphatic heterocycles. The molecule has 1 atom stereocenters. The van der Waals surface area contributed by atoms with Gasteiger partial charge in [-0.25, -0.2) is 0 Å². The Kier molecular flexibility index (Phi) is 10.4. The lowest BCUT2D eigenvalue weighted by Gasteiger charge is -2.30. The van der Waals surface area contributed by atoms with Gasteiger partial charge in [0.2, 0.25) is 5.91 Å². The van der Waals surface area contributed by atoms with Crippen molar-refractivity contribution in [3.05, 3.63) is 0 Å². The first-order valence-electron chi connectivity index (χ1n) is 10.2. The number of likely N-dealkylation sites (tertiary alicyclic amines) is 1. The third-order valence-electron chi connectivity index (χ3n) is 5.50. The molecule has 0 bridgehead atoms. The number of amides is 1. The molecule has 0 spiro atoms. The normalized spacial score (nSPS) is 21.9. The van der Waals surface area contributed by atoms with Crippen molar-refractivity contribution in [1.82, 2.24) is 20.4 Å². The highest BCUT2D eigenvalue weighted by molar-refractivity contribution is 14.0. The fourth-order valence-electron chi connectivity index (χ4n) is 4.31. The van der Waals surface area contributed by atoms with Gasteiger partial charge in [-0.05, 0) is 38.8 Å². The predicted octanol–water partition coefficient (Wildman–Crippen LogP) is 2.54. The molecule has 1 amide bonds. The summed E-state index contributed by atoms with van der Waals surface area (Å²) in [6.07, 6.45) is 6.88. The van der Waals surface area contributed by atoms with Crippen molar-refractivity contribution in [3.63, 3.8) is 0 Å². The molecule has 0 aromatic carbocycles.